The molecule has 0 spiro atoms. The van der Waals surface area contributed by atoms with Crippen LogP contribution in [-0.2, 0) is 11.3 Å². The van der Waals surface area contributed by atoms with Gasteiger partial charge >= 0.3 is 0 Å². The van der Waals surface area contributed by atoms with Crippen LogP contribution in [0.1, 0.15) is 16.9 Å². The average molecular weight is 512 g/mol. The van der Waals surface area contributed by atoms with Crippen molar-refractivity contribution < 1.29 is 14.3 Å². The van der Waals surface area contributed by atoms with Gasteiger partial charge in [-0.2, -0.15) is 0 Å². The number of piperazine rings is 1. The maximum Gasteiger partial charge on any atom is 0.267 e. The smallest absolute Gasteiger partial charge is 0.267 e. The Morgan fingerprint density at radius 2 is 2.00 bits per heavy atom. The summed E-state index contributed by atoms with van der Waals surface area (Å²) in [6.45, 7) is 5.71. The van der Waals surface area contributed by atoms with E-state index in [0.717, 1.165) is 18.7 Å². The number of rotatable bonds is 6. The number of carbonyl (C=O) groups is 1. The summed E-state index contributed by atoms with van der Waals surface area (Å²) >= 11 is 6.63. The second kappa shape index (κ2) is 9.94. The van der Waals surface area contributed by atoms with Gasteiger partial charge in [0.25, 0.3) is 11.5 Å². The maximum atomic E-state index is 13.7. The lowest BCUT2D eigenvalue weighted by molar-refractivity contribution is -0.122. The number of fused-ring (bicyclic) bond motifs is 1. The molecule has 2 saturated heterocycles. The predicted molar refractivity (Wildman–Crippen MR) is 139 cm³/mol. The van der Waals surface area contributed by atoms with Gasteiger partial charge in [0, 0.05) is 38.9 Å². The number of thioether (sulfide) groups is 1. The highest BCUT2D eigenvalue weighted by Crippen LogP contribution is 2.34. The van der Waals surface area contributed by atoms with E-state index in [2.05, 4.69) is 9.80 Å². The van der Waals surface area contributed by atoms with E-state index in [1.165, 1.54) is 21.1 Å². The van der Waals surface area contributed by atoms with Crippen molar-refractivity contribution in [3.63, 3.8) is 0 Å². The summed E-state index contributed by atoms with van der Waals surface area (Å²) in [6.07, 6.45) is 4.94. The van der Waals surface area contributed by atoms with Crippen molar-refractivity contribution in [1.29, 1.82) is 0 Å². The molecule has 0 unspecified atom stereocenters. The summed E-state index contributed by atoms with van der Waals surface area (Å²) in [5.41, 5.74) is 1.61. The largest absolute Gasteiger partial charge is 0.467 e. The van der Waals surface area contributed by atoms with Gasteiger partial charge < -0.3 is 14.4 Å². The molecule has 0 radical (unpaired) electrons. The first-order valence-electron chi connectivity index (χ1n) is 11.3. The quantitative estimate of drug-likeness (QED) is 0.394. The third kappa shape index (κ3) is 4.76. The molecule has 0 bridgehead atoms. The zero-order valence-corrected chi connectivity index (χ0v) is 20.8. The number of amides is 1. The molecule has 182 valence electrons. The van der Waals surface area contributed by atoms with Crippen molar-refractivity contribution in [2.45, 2.75) is 13.5 Å². The average Bonchev–Trinajstić information content (AvgIpc) is 3.46. The van der Waals surface area contributed by atoms with Crippen LogP contribution < -0.4 is 10.5 Å². The Morgan fingerprint density at radius 1 is 1.20 bits per heavy atom. The molecule has 11 heteroatoms. The number of hydrogen-bond donors (Lipinski definition) is 1. The Morgan fingerprint density at radius 3 is 2.71 bits per heavy atom. The van der Waals surface area contributed by atoms with E-state index in [1.54, 1.807) is 30.7 Å². The number of aromatic nitrogens is 2. The number of β-amino-alcohol motifs (C(OH)–C–C–N with tert-alkyl or cyclic N) is 1. The third-order valence-corrected chi connectivity index (χ3v) is 7.49. The summed E-state index contributed by atoms with van der Waals surface area (Å²) in [5, 5.41) is 9.26. The highest BCUT2D eigenvalue weighted by molar-refractivity contribution is 8.26. The van der Waals surface area contributed by atoms with Gasteiger partial charge in [0.1, 0.15) is 21.5 Å². The van der Waals surface area contributed by atoms with Crippen LogP contribution in [0, 0.1) is 6.92 Å². The molecule has 1 N–H and O–H groups in total. The van der Waals surface area contributed by atoms with E-state index in [4.69, 9.17) is 21.6 Å². The van der Waals surface area contributed by atoms with Crippen LogP contribution >= 0.6 is 24.0 Å². The first kappa shape index (κ1) is 23.7. The van der Waals surface area contributed by atoms with Gasteiger partial charge in [-0.25, -0.2) is 4.98 Å². The second-order valence-electron chi connectivity index (χ2n) is 8.49. The Kier molecular flexibility index (Phi) is 6.74. The van der Waals surface area contributed by atoms with Crippen molar-refractivity contribution in [3.05, 3.63) is 68.9 Å². The minimum Gasteiger partial charge on any atom is -0.467 e. The molecule has 0 aromatic carbocycles. The van der Waals surface area contributed by atoms with Crippen molar-refractivity contribution in [3.8, 4) is 0 Å². The SMILES string of the molecule is Cc1ccc2nc(N3CCN(CCO)CC3)c(/C=C3\SC(=S)N(Cc4ccco4)C3=O)c(=O)n2c1. The zero-order chi connectivity index (χ0) is 24.5. The van der Waals surface area contributed by atoms with Crippen LogP contribution in [0.3, 0.4) is 0 Å². The van der Waals surface area contributed by atoms with Crippen LogP contribution in [0.5, 0.6) is 0 Å². The van der Waals surface area contributed by atoms with E-state index >= 15 is 0 Å². The highest BCUT2D eigenvalue weighted by Gasteiger charge is 2.33. The maximum absolute atomic E-state index is 13.7. The third-order valence-electron chi connectivity index (χ3n) is 6.12. The van der Waals surface area contributed by atoms with Crippen molar-refractivity contribution in [1.82, 2.24) is 19.2 Å². The van der Waals surface area contributed by atoms with Crippen LogP contribution in [0.15, 0.2) is 50.8 Å². The molecule has 5 heterocycles. The fourth-order valence-electron chi connectivity index (χ4n) is 4.26. The number of aryl methyl sites for hydroxylation is 1. The molecular weight excluding hydrogens is 486 g/mol. The molecule has 2 fully saturated rings. The number of anilines is 1. The molecule has 5 rings (SSSR count). The van der Waals surface area contributed by atoms with Crippen molar-refractivity contribution in [2.24, 2.45) is 0 Å². The first-order chi connectivity index (χ1) is 16.9. The number of furan rings is 1. The van der Waals surface area contributed by atoms with Gasteiger partial charge in [-0.05, 0) is 36.8 Å². The summed E-state index contributed by atoms with van der Waals surface area (Å²) in [6, 6.07) is 7.30. The summed E-state index contributed by atoms with van der Waals surface area (Å²) < 4.78 is 7.32. The van der Waals surface area contributed by atoms with Crippen LogP contribution in [0.2, 0.25) is 0 Å². The van der Waals surface area contributed by atoms with Gasteiger partial charge in [0.2, 0.25) is 0 Å². The Labute approximate surface area is 211 Å². The molecule has 2 aliphatic rings. The highest BCUT2D eigenvalue weighted by atomic mass is 32.2. The number of hydrogen-bond acceptors (Lipinski definition) is 9. The molecule has 0 atom stereocenters. The number of carbonyl (C=O) groups excluding carboxylic acids is 1. The lowest BCUT2D eigenvalue weighted by Gasteiger charge is -2.35. The lowest BCUT2D eigenvalue weighted by Crippen LogP contribution is -2.48. The second-order valence-corrected chi connectivity index (χ2v) is 10.2. The normalized spacial score (nSPS) is 18.4. The predicted octanol–water partition coefficient (Wildman–Crippen LogP) is 2.11. The lowest BCUT2D eigenvalue weighted by atomic mass is 10.2. The van der Waals surface area contributed by atoms with E-state index in [0.29, 0.717) is 51.6 Å². The first-order valence-corrected chi connectivity index (χ1v) is 12.6. The Hall–Kier alpha value is -2.99. The number of aliphatic hydroxyl groups is 1. The summed E-state index contributed by atoms with van der Waals surface area (Å²) in [5.74, 6) is 0.926. The minimum absolute atomic E-state index is 0.111. The van der Waals surface area contributed by atoms with Crippen LogP contribution in [-0.4, -0.2) is 73.8 Å². The molecule has 9 nitrogen and oxygen atoms in total. The van der Waals surface area contributed by atoms with Gasteiger partial charge in [-0.3, -0.25) is 23.8 Å². The van der Waals surface area contributed by atoms with Crippen molar-refractivity contribution in [2.75, 3.05) is 44.2 Å². The molecule has 0 saturated carbocycles. The molecule has 1 amide bonds. The van der Waals surface area contributed by atoms with Gasteiger partial charge in [-0.1, -0.05) is 30.0 Å². The minimum atomic E-state index is -0.260. The van der Waals surface area contributed by atoms with Gasteiger partial charge in [0.15, 0.2) is 0 Å². The Bertz CT molecular complexity index is 1360. The fraction of sp³-hybridized carbons (Fsp3) is 0.333. The van der Waals surface area contributed by atoms with E-state index < -0.39 is 0 Å². The van der Waals surface area contributed by atoms with Crippen LogP contribution in [0.25, 0.3) is 11.7 Å². The molecule has 3 aromatic rings. The Balaban J connectivity index is 1.54. The summed E-state index contributed by atoms with van der Waals surface area (Å²) in [4.78, 5) is 37.8. The molecule has 35 heavy (non-hydrogen) atoms. The van der Waals surface area contributed by atoms with Crippen LogP contribution in [0.4, 0.5) is 5.82 Å². The molecule has 2 aliphatic heterocycles. The van der Waals surface area contributed by atoms with Crippen molar-refractivity contribution >= 4 is 51.7 Å². The molecule has 0 aliphatic carbocycles. The zero-order valence-electron chi connectivity index (χ0n) is 19.2. The van der Waals surface area contributed by atoms with E-state index in [-0.39, 0.29) is 24.6 Å². The molecule has 3 aromatic heterocycles. The van der Waals surface area contributed by atoms with Gasteiger partial charge in [0.05, 0.1) is 29.9 Å². The fourth-order valence-corrected chi connectivity index (χ4v) is 5.50. The standard InChI is InChI=1S/C24H25N5O4S2/c1-16-4-5-20-25-21(27-8-6-26(7-9-27)10-11-30)18(22(31)28(20)14-16)13-19-23(32)29(24(34)35-19)15-17-3-2-12-33-17/h2-5,12-14,30H,6-11,15H2,1H3/b19-13-. The number of nitrogens with zero attached hydrogens (tertiary/aromatic N) is 5. The number of thiocarbonyl (C=S) groups is 1. The van der Waals surface area contributed by atoms with E-state index in [9.17, 15) is 14.7 Å². The number of pyridine rings is 1. The summed E-state index contributed by atoms with van der Waals surface area (Å²) in [7, 11) is 0. The monoisotopic (exact) mass is 511 g/mol. The molecular formula is C24H25N5O4S2. The van der Waals surface area contributed by atoms with E-state index in [1.807, 2.05) is 19.1 Å². The number of aliphatic hydroxyl groups excluding tert-OH is 1. The topological polar surface area (TPSA) is 94.5 Å². The van der Waals surface area contributed by atoms with Gasteiger partial charge in [-0.15, -0.1) is 0 Å².